The van der Waals surface area contributed by atoms with E-state index < -0.39 is 10.1 Å². The van der Waals surface area contributed by atoms with Gasteiger partial charge in [0, 0.05) is 5.92 Å². The van der Waals surface area contributed by atoms with Crippen LogP contribution in [0.5, 0.6) is 0 Å². The summed E-state index contributed by atoms with van der Waals surface area (Å²) in [4.78, 5) is 11.7. The van der Waals surface area contributed by atoms with Crippen LogP contribution in [0.25, 0.3) is 0 Å². The van der Waals surface area contributed by atoms with Gasteiger partial charge in [0.1, 0.15) is 0 Å². The molecule has 114 valence electrons. The summed E-state index contributed by atoms with van der Waals surface area (Å²) in [6.45, 7) is 5.38. The maximum absolute atomic E-state index is 12.2. The van der Waals surface area contributed by atoms with E-state index in [1.807, 2.05) is 6.92 Å². The summed E-state index contributed by atoms with van der Waals surface area (Å²) < 4.78 is 29.7. The minimum atomic E-state index is -3.73. The topological polar surface area (TPSA) is 60.4 Å². The molecule has 5 heteroatoms. The Labute approximate surface area is 125 Å². The predicted molar refractivity (Wildman–Crippen MR) is 80.4 cm³/mol. The molecule has 0 aromatic heterocycles. The summed E-state index contributed by atoms with van der Waals surface area (Å²) in [5, 5.41) is 0. The second-order valence-corrected chi connectivity index (χ2v) is 7.02. The van der Waals surface area contributed by atoms with Crippen molar-refractivity contribution in [2.45, 2.75) is 43.6 Å². The molecule has 4 nitrogen and oxygen atoms in total. The van der Waals surface area contributed by atoms with E-state index in [0.717, 1.165) is 5.56 Å². The quantitative estimate of drug-likeness (QED) is 0.619. The molecule has 1 aliphatic rings. The Kier molecular flexibility index (Phi) is 4.96. The van der Waals surface area contributed by atoms with E-state index in [1.54, 1.807) is 24.3 Å². The molecule has 21 heavy (non-hydrogen) atoms. The molecule has 2 rings (SSSR count). The Morgan fingerprint density at radius 1 is 1.19 bits per heavy atom. The summed E-state index contributed by atoms with van der Waals surface area (Å²) in [7, 11) is -3.73. The van der Waals surface area contributed by atoms with Crippen LogP contribution in [-0.2, 0) is 19.1 Å². The van der Waals surface area contributed by atoms with Crippen molar-refractivity contribution in [2.75, 3.05) is 0 Å². The number of rotatable bonds is 5. The highest BCUT2D eigenvalue weighted by Crippen LogP contribution is 2.29. The van der Waals surface area contributed by atoms with E-state index in [9.17, 15) is 13.2 Å². The van der Waals surface area contributed by atoms with Crippen molar-refractivity contribution in [2.24, 2.45) is 5.92 Å². The number of aryl methyl sites for hydroxylation is 1. The molecule has 1 aromatic carbocycles. The summed E-state index contributed by atoms with van der Waals surface area (Å²) in [5.41, 5.74) is 0.998. The average Bonchev–Trinajstić information content (AvgIpc) is 2.47. The van der Waals surface area contributed by atoms with Crippen molar-refractivity contribution in [3.05, 3.63) is 42.5 Å². The smallest absolute Gasteiger partial charge is 0.295 e. The Morgan fingerprint density at radius 2 is 1.76 bits per heavy atom. The summed E-state index contributed by atoms with van der Waals surface area (Å²) in [6.07, 6.45) is 3.46. The molecule has 1 aromatic rings. The molecule has 0 N–H and O–H groups in total. The lowest BCUT2D eigenvalue weighted by atomic mass is 9.85. The Balaban J connectivity index is 1.98. The normalized spacial score (nSPS) is 22.7. The van der Waals surface area contributed by atoms with E-state index in [0.29, 0.717) is 25.7 Å². The summed E-state index contributed by atoms with van der Waals surface area (Å²) in [6, 6.07) is 6.60. The molecule has 0 amide bonds. The fourth-order valence-electron chi connectivity index (χ4n) is 2.55. The van der Waals surface area contributed by atoms with Gasteiger partial charge in [-0.25, -0.2) is 0 Å². The first kappa shape index (κ1) is 15.9. The van der Waals surface area contributed by atoms with Gasteiger partial charge >= 0.3 is 0 Å². The van der Waals surface area contributed by atoms with Gasteiger partial charge in [-0.1, -0.05) is 24.3 Å². The maximum atomic E-state index is 12.2. The van der Waals surface area contributed by atoms with Crippen molar-refractivity contribution in [3.63, 3.8) is 0 Å². The number of hydrogen-bond acceptors (Lipinski definition) is 4. The van der Waals surface area contributed by atoms with Gasteiger partial charge in [0.2, 0.25) is 0 Å². The molecule has 0 saturated heterocycles. The number of allylic oxidation sites excluding steroid dienone is 1. The maximum Gasteiger partial charge on any atom is 0.297 e. The second-order valence-electron chi connectivity index (χ2n) is 5.44. The molecule has 0 unspecified atom stereocenters. The zero-order valence-corrected chi connectivity index (χ0v) is 12.9. The highest BCUT2D eigenvalue weighted by molar-refractivity contribution is 7.86. The molecule has 0 radical (unpaired) electrons. The molecule has 0 heterocycles. The molecular weight excluding hydrogens is 288 g/mol. The molecule has 0 spiro atoms. The predicted octanol–water partition coefficient (Wildman–Crippen LogP) is 3.01. The third-order valence-corrected chi connectivity index (χ3v) is 5.23. The number of hydrogen-bond donors (Lipinski definition) is 0. The number of carbonyl (C=O) groups excluding carboxylic acids is 1. The highest BCUT2D eigenvalue weighted by Gasteiger charge is 2.29. The van der Waals surface area contributed by atoms with E-state index in [-0.39, 0.29) is 22.7 Å². The first-order valence-corrected chi connectivity index (χ1v) is 8.49. The van der Waals surface area contributed by atoms with Crippen molar-refractivity contribution in [1.82, 2.24) is 0 Å². The molecule has 1 saturated carbocycles. The van der Waals surface area contributed by atoms with Gasteiger partial charge in [-0.05, 0) is 50.8 Å². The third kappa shape index (κ3) is 4.02. The largest absolute Gasteiger partial charge is 0.297 e. The summed E-state index contributed by atoms with van der Waals surface area (Å²) in [5.74, 6) is -0.000675. The van der Waals surface area contributed by atoms with E-state index in [1.165, 1.54) is 6.08 Å². The van der Waals surface area contributed by atoms with Crippen molar-refractivity contribution >= 4 is 15.9 Å². The Bertz CT molecular complexity index is 608. The highest BCUT2D eigenvalue weighted by atomic mass is 32.2. The number of carbonyl (C=O) groups is 1. The zero-order chi connectivity index (χ0) is 15.5. The van der Waals surface area contributed by atoms with Crippen LogP contribution in [0.2, 0.25) is 0 Å². The van der Waals surface area contributed by atoms with Gasteiger partial charge in [0.05, 0.1) is 11.0 Å². The van der Waals surface area contributed by atoms with Crippen molar-refractivity contribution < 1.29 is 17.4 Å². The SMILES string of the molecule is C=CC(=O)C1CCC(OS(=O)(=O)c2ccc(C)cc2)CC1. The van der Waals surface area contributed by atoms with Gasteiger partial charge in [0.25, 0.3) is 10.1 Å². The van der Waals surface area contributed by atoms with Crippen LogP contribution in [0.3, 0.4) is 0 Å². The van der Waals surface area contributed by atoms with Gasteiger partial charge in [-0.2, -0.15) is 8.42 Å². The minimum Gasteiger partial charge on any atom is -0.295 e. The molecule has 0 bridgehead atoms. The molecule has 0 atom stereocenters. The second kappa shape index (κ2) is 6.54. The van der Waals surface area contributed by atoms with Gasteiger partial charge in [-0.15, -0.1) is 0 Å². The first-order chi connectivity index (χ1) is 9.92. The summed E-state index contributed by atoms with van der Waals surface area (Å²) >= 11 is 0. The number of benzene rings is 1. The van der Waals surface area contributed by atoms with Crippen LogP contribution in [0.1, 0.15) is 31.2 Å². The Morgan fingerprint density at radius 3 is 2.29 bits per heavy atom. The van der Waals surface area contributed by atoms with Gasteiger partial charge in [-0.3, -0.25) is 8.98 Å². The third-order valence-electron chi connectivity index (χ3n) is 3.85. The number of ketones is 1. The standard InChI is InChI=1S/C16H20O4S/c1-3-16(17)13-6-8-14(9-7-13)20-21(18,19)15-10-4-12(2)5-11-15/h3-5,10-11,13-14H,1,6-9H2,2H3. The lowest BCUT2D eigenvalue weighted by Gasteiger charge is -2.26. The molecule has 0 aliphatic heterocycles. The first-order valence-electron chi connectivity index (χ1n) is 7.08. The van der Waals surface area contributed by atoms with Crippen LogP contribution in [-0.4, -0.2) is 20.3 Å². The fraction of sp³-hybridized carbons (Fsp3) is 0.438. The monoisotopic (exact) mass is 308 g/mol. The fourth-order valence-corrected chi connectivity index (χ4v) is 3.68. The molecule has 1 aliphatic carbocycles. The van der Waals surface area contributed by atoms with E-state index in [4.69, 9.17) is 4.18 Å². The van der Waals surface area contributed by atoms with E-state index in [2.05, 4.69) is 6.58 Å². The van der Waals surface area contributed by atoms with E-state index >= 15 is 0 Å². The van der Waals surface area contributed by atoms with Crippen LogP contribution in [0.15, 0.2) is 41.8 Å². The average molecular weight is 308 g/mol. The molecule has 1 fully saturated rings. The lowest BCUT2D eigenvalue weighted by molar-refractivity contribution is -0.119. The zero-order valence-electron chi connectivity index (χ0n) is 12.1. The Hall–Kier alpha value is -1.46. The van der Waals surface area contributed by atoms with Crippen LogP contribution in [0, 0.1) is 12.8 Å². The van der Waals surface area contributed by atoms with Gasteiger partial charge in [0.15, 0.2) is 5.78 Å². The van der Waals surface area contributed by atoms with Gasteiger partial charge < -0.3 is 0 Å². The van der Waals surface area contributed by atoms with Crippen LogP contribution >= 0.6 is 0 Å². The lowest BCUT2D eigenvalue weighted by Crippen LogP contribution is -2.27. The molecular formula is C16H20O4S. The van der Waals surface area contributed by atoms with Crippen LogP contribution in [0.4, 0.5) is 0 Å². The van der Waals surface area contributed by atoms with Crippen molar-refractivity contribution in [1.29, 1.82) is 0 Å². The van der Waals surface area contributed by atoms with Crippen molar-refractivity contribution in [3.8, 4) is 0 Å². The minimum absolute atomic E-state index is 0.0369. The van der Waals surface area contributed by atoms with Crippen LogP contribution < -0.4 is 0 Å².